The maximum Gasteiger partial charge on any atom is 0.264 e. The van der Waals surface area contributed by atoms with Crippen molar-refractivity contribution in [2.75, 3.05) is 18.0 Å². The summed E-state index contributed by atoms with van der Waals surface area (Å²) >= 11 is 12.4. The maximum atomic E-state index is 13.3. The summed E-state index contributed by atoms with van der Waals surface area (Å²) in [5.41, 5.74) is 3.78. The molecule has 0 atom stereocenters. The van der Waals surface area contributed by atoms with Crippen LogP contribution < -0.4 is 14.5 Å². The SMILES string of the molecule is COc1ccc(/C(C)=N\NC(=O)CN(c2cccc(Cl)c2Cl)S(=O)(=O)c2ccccc2)cc1. The molecule has 0 saturated heterocycles. The van der Waals surface area contributed by atoms with E-state index < -0.39 is 22.5 Å². The summed E-state index contributed by atoms with van der Waals surface area (Å²) in [6.45, 7) is 1.16. The number of nitrogens with one attached hydrogen (secondary N) is 1. The standard InChI is InChI=1S/C23H21Cl2N3O4S/c1-16(17-11-13-18(32-2)14-12-17)26-27-22(29)15-28(21-10-6-9-20(24)23(21)25)33(30,31)19-7-4-3-5-8-19/h3-14H,15H2,1-2H3,(H,27,29)/b26-16-. The van der Waals surface area contributed by atoms with Gasteiger partial charge in [0.25, 0.3) is 15.9 Å². The van der Waals surface area contributed by atoms with E-state index in [1.54, 1.807) is 62.6 Å². The third-order valence-electron chi connectivity index (χ3n) is 4.67. The lowest BCUT2D eigenvalue weighted by Crippen LogP contribution is -2.40. The Morgan fingerprint density at radius 3 is 2.30 bits per heavy atom. The molecule has 0 aliphatic heterocycles. The Hall–Kier alpha value is -3.07. The molecule has 0 fully saturated rings. The second-order valence-corrected chi connectivity index (χ2v) is 9.51. The van der Waals surface area contributed by atoms with Crippen LogP contribution in [0.1, 0.15) is 12.5 Å². The summed E-state index contributed by atoms with van der Waals surface area (Å²) in [7, 11) is -2.55. The molecule has 0 aliphatic rings. The van der Waals surface area contributed by atoms with E-state index in [1.165, 1.54) is 24.3 Å². The fraction of sp³-hybridized carbons (Fsp3) is 0.130. The number of hydrogen-bond acceptors (Lipinski definition) is 5. The molecule has 0 spiro atoms. The van der Waals surface area contributed by atoms with Crippen molar-refractivity contribution in [3.05, 3.63) is 88.4 Å². The smallest absolute Gasteiger partial charge is 0.264 e. The van der Waals surface area contributed by atoms with Gasteiger partial charge in [0, 0.05) is 0 Å². The fourth-order valence-corrected chi connectivity index (χ4v) is 4.81. The number of rotatable bonds is 8. The molecule has 7 nitrogen and oxygen atoms in total. The van der Waals surface area contributed by atoms with Crippen LogP contribution in [0.2, 0.25) is 10.0 Å². The molecule has 1 amide bonds. The van der Waals surface area contributed by atoms with Gasteiger partial charge < -0.3 is 4.74 Å². The molecular formula is C23H21Cl2N3O4S. The van der Waals surface area contributed by atoms with Gasteiger partial charge in [-0.25, -0.2) is 13.8 Å². The highest BCUT2D eigenvalue weighted by molar-refractivity contribution is 7.92. The van der Waals surface area contributed by atoms with E-state index in [0.717, 1.165) is 9.87 Å². The van der Waals surface area contributed by atoms with Crippen LogP contribution in [0.15, 0.2) is 82.8 Å². The van der Waals surface area contributed by atoms with E-state index in [9.17, 15) is 13.2 Å². The number of anilines is 1. The summed E-state index contributed by atoms with van der Waals surface area (Å²) in [6, 6.07) is 19.4. The van der Waals surface area contributed by atoms with E-state index in [1.807, 2.05) is 0 Å². The molecule has 172 valence electrons. The van der Waals surface area contributed by atoms with Gasteiger partial charge in [-0.2, -0.15) is 5.10 Å². The van der Waals surface area contributed by atoms with Crippen molar-refractivity contribution in [3.8, 4) is 5.75 Å². The largest absolute Gasteiger partial charge is 0.497 e. The van der Waals surface area contributed by atoms with Crippen molar-refractivity contribution in [2.45, 2.75) is 11.8 Å². The van der Waals surface area contributed by atoms with Gasteiger partial charge in [0.1, 0.15) is 12.3 Å². The minimum absolute atomic E-state index is 0.00626. The molecule has 0 bridgehead atoms. The number of halogens is 2. The molecule has 0 aromatic heterocycles. The molecule has 0 aliphatic carbocycles. The molecule has 10 heteroatoms. The highest BCUT2D eigenvalue weighted by Gasteiger charge is 2.29. The number of sulfonamides is 1. The van der Waals surface area contributed by atoms with Gasteiger partial charge in [-0.15, -0.1) is 0 Å². The van der Waals surface area contributed by atoms with E-state index in [0.29, 0.717) is 11.5 Å². The molecular weight excluding hydrogens is 485 g/mol. The Morgan fingerprint density at radius 1 is 1.00 bits per heavy atom. The zero-order valence-corrected chi connectivity index (χ0v) is 20.2. The zero-order chi connectivity index (χ0) is 24.0. The van der Waals surface area contributed by atoms with E-state index in [-0.39, 0.29) is 20.6 Å². The number of hydrazone groups is 1. The lowest BCUT2D eigenvalue weighted by atomic mass is 10.1. The Bertz CT molecular complexity index is 1260. The average Bonchev–Trinajstić information content (AvgIpc) is 2.83. The van der Waals surface area contributed by atoms with E-state index >= 15 is 0 Å². The van der Waals surface area contributed by atoms with Crippen LogP contribution in [0.5, 0.6) is 5.75 Å². The number of nitrogens with zero attached hydrogens (tertiary/aromatic N) is 2. The Balaban J connectivity index is 1.88. The number of carbonyl (C=O) groups is 1. The van der Waals surface area contributed by atoms with E-state index in [2.05, 4.69) is 10.5 Å². The van der Waals surface area contributed by atoms with Crippen LogP contribution in [0.25, 0.3) is 0 Å². The van der Waals surface area contributed by atoms with Crippen LogP contribution in [-0.4, -0.2) is 33.7 Å². The quantitative estimate of drug-likeness (QED) is 0.353. The molecule has 0 unspecified atom stereocenters. The topological polar surface area (TPSA) is 88.1 Å². The van der Waals surface area contributed by atoms with Gasteiger partial charge in [-0.1, -0.05) is 47.5 Å². The van der Waals surface area contributed by atoms with Crippen molar-refractivity contribution >= 4 is 50.5 Å². The first kappa shape index (κ1) is 24.6. The monoisotopic (exact) mass is 505 g/mol. The van der Waals surface area contributed by atoms with Crippen LogP contribution in [0, 0.1) is 0 Å². The van der Waals surface area contributed by atoms with Crippen LogP contribution in [0.3, 0.4) is 0 Å². The van der Waals surface area contributed by atoms with Crippen molar-refractivity contribution in [1.82, 2.24) is 5.43 Å². The van der Waals surface area contributed by atoms with Gasteiger partial charge in [0.15, 0.2) is 0 Å². The summed E-state index contributed by atoms with van der Waals surface area (Å²) in [5, 5.41) is 4.27. The molecule has 33 heavy (non-hydrogen) atoms. The van der Waals surface area contributed by atoms with Crippen molar-refractivity contribution in [3.63, 3.8) is 0 Å². The highest BCUT2D eigenvalue weighted by atomic mass is 35.5. The minimum atomic E-state index is -4.12. The van der Waals surface area contributed by atoms with Crippen LogP contribution in [-0.2, 0) is 14.8 Å². The van der Waals surface area contributed by atoms with Gasteiger partial charge >= 0.3 is 0 Å². The van der Waals surface area contributed by atoms with Gasteiger partial charge in [0.05, 0.1) is 33.4 Å². The third kappa shape index (κ3) is 5.84. The molecule has 0 heterocycles. The summed E-state index contributed by atoms with van der Waals surface area (Å²) in [5.74, 6) is 0.0363. The minimum Gasteiger partial charge on any atom is -0.497 e. The Morgan fingerprint density at radius 2 is 1.67 bits per heavy atom. The first-order chi connectivity index (χ1) is 15.7. The first-order valence-electron chi connectivity index (χ1n) is 9.73. The van der Waals surface area contributed by atoms with E-state index in [4.69, 9.17) is 27.9 Å². The van der Waals surface area contributed by atoms with Gasteiger partial charge in [-0.05, 0) is 61.0 Å². The second-order valence-electron chi connectivity index (χ2n) is 6.86. The number of hydrogen-bond donors (Lipinski definition) is 1. The van der Waals surface area contributed by atoms with Gasteiger partial charge in [0.2, 0.25) is 0 Å². The average molecular weight is 506 g/mol. The molecule has 0 saturated carbocycles. The third-order valence-corrected chi connectivity index (χ3v) is 7.26. The first-order valence-corrected chi connectivity index (χ1v) is 11.9. The van der Waals surface area contributed by atoms with Crippen LogP contribution in [0.4, 0.5) is 5.69 Å². The molecule has 3 aromatic rings. The predicted molar refractivity (Wildman–Crippen MR) is 131 cm³/mol. The number of benzene rings is 3. The Kier molecular flexibility index (Phi) is 7.97. The predicted octanol–water partition coefficient (Wildman–Crippen LogP) is 4.74. The lowest BCUT2D eigenvalue weighted by Gasteiger charge is -2.25. The van der Waals surface area contributed by atoms with Crippen molar-refractivity contribution in [1.29, 1.82) is 0 Å². The molecule has 1 N–H and O–H groups in total. The number of ether oxygens (including phenoxy) is 1. The number of amides is 1. The normalized spacial score (nSPS) is 11.7. The van der Waals surface area contributed by atoms with Gasteiger partial charge in [-0.3, -0.25) is 9.10 Å². The fourth-order valence-electron chi connectivity index (χ4n) is 2.91. The summed E-state index contributed by atoms with van der Waals surface area (Å²) in [4.78, 5) is 12.7. The zero-order valence-electron chi connectivity index (χ0n) is 17.8. The van der Waals surface area contributed by atoms with Crippen LogP contribution >= 0.6 is 23.2 Å². The highest BCUT2D eigenvalue weighted by Crippen LogP contribution is 2.35. The maximum absolute atomic E-state index is 13.3. The Labute approximate surface area is 202 Å². The number of carbonyl (C=O) groups excluding carboxylic acids is 1. The molecule has 0 radical (unpaired) electrons. The second kappa shape index (κ2) is 10.7. The number of methoxy groups -OCH3 is 1. The summed E-state index contributed by atoms with van der Waals surface area (Å²) in [6.07, 6.45) is 0. The summed E-state index contributed by atoms with van der Waals surface area (Å²) < 4.78 is 32.7. The molecule has 3 aromatic carbocycles. The van der Waals surface area contributed by atoms with Crippen molar-refractivity contribution in [2.24, 2.45) is 5.10 Å². The van der Waals surface area contributed by atoms with Crippen molar-refractivity contribution < 1.29 is 17.9 Å². The molecule has 3 rings (SSSR count). The lowest BCUT2D eigenvalue weighted by molar-refractivity contribution is -0.119.